The molecule has 0 fully saturated rings. The van der Waals surface area contributed by atoms with Crippen LogP contribution in [0.2, 0.25) is 0 Å². The Labute approximate surface area is 136 Å². The van der Waals surface area contributed by atoms with Crippen LogP contribution in [0, 0.1) is 0 Å². The molecule has 4 N–H and O–H groups in total. The second-order valence-electron chi connectivity index (χ2n) is 5.44. The van der Waals surface area contributed by atoms with Crippen molar-refractivity contribution >= 4 is 11.9 Å². The number of allylic oxidation sites excluding steroid dienone is 1. The van der Waals surface area contributed by atoms with Crippen molar-refractivity contribution in [2.45, 2.75) is 40.2 Å². The zero-order valence-corrected chi connectivity index (χ0v) is 14.4. The second kappa shape index (κ2) is 9.32. The molecule has 0 aliphatic carbocycles. The third kappa shape index (κ3) is 5.69. The number of carbonyl (C=O) groups is 2. The first-order chi connectivity index (χ1) is 10.9. The number of quaternary nitrogens is 1. The van der Waals surface area contributed by atoms with Gasteiger partial charge >= 0.3 is 11.9 Å². The summed E-state index contributed by atoms with van der Waals surface area (Å²) in [5.41, 5.74) is 5.82. The summed E-state index contributed by atoms with van der Waals surface area (Å²) in [7, 11) is 0. The molecule has 0 bridgehead atoms. The molecule has 0 saturated carbocycles. The van der Waals surface area contributed by atoms with E-state index < -0.39 is 11.9 Å². The number of hydrogen-bond acceptors (Lipinski definition) is 6. The lowest BCUT2D eigenvalue weighted by atomic mass is 9.98. The fourth-order valence-electron chi connectivity index (χ4n) is 2.12. The Kier molecular flexibility index (Phi) is 7.77. The van der Waals surface area contributed by atoms with Gasteiger partial charge in [-0.05, 0) is 27.7 Å². The van der Waals surface area contributed by atoms with Crippen molar-refractivity contribution in [3.8, 4) is 0 Å². The normalized spacial score (nSPS) is 14.9. The SMILES string of the molecule is CCOC(=O)C1=C(COCC[NH3+])NC(C)=C(C(=O)OC(C)C)C1. The molecule has 0 amide bonds. The molecule has 1 rings (SSSR count). The number of rotatable bonds is 8. The molecule has 130 valence electrons. The zero-order chi connectivity index (χ0) is 17.4. The molecule has 7 nitrogen and oxygen atoms in total. The van der Waals surface area contributed by atoms with Crippen molar-refractivity contribution in [2.75, 3.05) is 26.4 Å². The maximum absolute atomic E-state index is 12.2. The molecular formula is C16H27N2O5+. The molecule has 23 heavy (non-hydrogen) atoms. The molecule has 0 radical (unpaired) electrons. The average molecular weight is 327 g/mol. The number of hydrogen-bond donors (Lipinski definition) is 2. The lowest BCUT2D eigenvalue weighted by Gasteiger charge is -2.24. The lowest BCUT2D eigenvalue weighted by molar-refractivity contribution is -0.373. The van der Waals surface area contributed by atoms with Gasteiger partial charge in [-0.3, -0.25) is 0 Å². The molecule has 1 aliphatic rings. The van der Waals surface area contributed by atoms with Crippen LogP contribution in [-0.2, 0) is 23.8 Å². The van der Waals surface area contributed by atoms with Crippen LogP contribution in [0.4, 0.5) is 0 Å². The van der Waals surface area contributed by atoms with E-state index in [0.29, 0.717) is 35.7 Å². The molecule has 0 saturated heterocycles. The van der Waals surface area contributed by atoms with Crippen LogP contribution < -0.4 is 11.1 Å². The number of dihydropyridines is 1. The molecule has 7 heteroatoms. The van der Waals surface area contributed by atoms with Gasteiger partial charge in [0.05, 0.1) is 49.3 Å². The van der Waals surface area contributed by atoms with Gasteiger partial charge in [-0.25, -0.2) is 9.59 Å². The summed E-state index contributed by atoms with van der Waals surface area (Å²) in [5.74, 6) is -0.875. The third-order valence-electron chi connectivity index (χ3n) is 3.15. The van der Waals surface area contributed by atoms with Gasteiger partial charge in [-0.2, -0.15) is 0 Å². The first kappa shape index (κ1) is 19.2. The smallest absolute Gasteiger partial charge is 0.336 e. The number of carbonyl (C=O) groups excluding carboxylic acids is 2. The highest BCUT2D eigenvalue weighted by Crippen LogP contribution is 2.25. The summed E-state index contributed by atoms with van der Waals surface area (Å²) < 4.78 is 15.8. The fraction of sp³-hybridized carbons (Fsp3) is 0.625. The van der Waals surface area contributed by atoms with E-state index in [-0.39, 0.29) is 25.7 Å². The minimum atomic E-state index is -0.449. The Morgan fingerprint density at radius 1 is 1.26 bits per heavy atom. The van der Waals surface area contributed by atoms with Crippen LogP contribution in [0.25, 0.3) is 0 Å². The van der Waals surface area contributed by atoms with Gasteiger partial charge in [0.25, 0.3) is 0 Å². The number of nitrogens with one attached hydrogen (secondary N) is 1. The molecule has 0 aromatic carbocycles. The largest absolute Gasteiger partial charge is 0.463 e. The Balaban J connectivity index is 2.96. The lowest BCUT2D eigenvalue weighted by Crippen LogP contribution is -2.52. The van der Waals surface area contributed by atoms with Gasteiger partial charge in [0, 0.05) is 12.1 Å². The van der Waals surface area contributed by atoms with Gasteiger partial charge in [0.2, 0.25) is 0 Å². The summed E-state index contributed by atoms with van der Waals surface area (Å²) in [6.07, 6.45) is -0.0497. The Morgan fingerprint density at radius 3 is 2.52 bits per heavy atom. The first-order valence-electron chi connectivity index (χ1n) is 7.84. The van der Waals surface area contributed by atoms with Crippen molar-refractivity contribution in [2.24, 2.45) is 0 Å². The predicted molar refractivity (Wildman–Crippen MR) is 83.9 cm³/mol. The summed E-state index contributed by atoms with van der Waals surface area (Å²) in [5, 5.41) is 3.08. The van der Waals surface area contributed by atoms with Crippen molar-refractivity contribution in [3.05, 3.63) is 22.5 Å². The van der Waals surface area contributed by atoms with E-state index >= 15 is 0 Å². The van der Waals surface area contributed by atoms with Crippen LogP contribution in [0.1, 0.15) is 34.1 Å². The molecule has 1 aliphatic heterocycles. The Morgan fingerprint density at radius 2 is 1.96 bits per heavy atom. The van der Waals surface area contributed by atoms with Crippen molar-refractivity contribution in [1.29, 1.82) is 0 Å². The molecular weight excluding hydrogens is 300 g/mol. The first-order valence-corrected chi connectivity index (χ1v) is 7.84. The highest BCUT2D eigenvalue weighted by molar-refractivity contribution is 5.96. The van der Waals surface area contributed by atoms with Gasteiger partial charge in [-0.1, -0.05) is 0 Å². The number of esters is 2. The zero-order valence-electron chi connectivity index (χ0n) is 14.4. The van der Waals surface area contributed by atoms with Crippen molar-refractivity contribution in [1.82, 2.24) is 5.32 Å². The van der Waals surface area contributed by atoms with E-state index in [4.69, 9.17) is 14.2 Å². The molecule has 0 spiro atoms. The van der Waals surface area contributed by atoms with E-state index in [2.05, 4.69) is 11.1 Å². The topological polar surface area (TPSA) is 102 Å². The van der Waals surface area contributed by atoms with Crippen LogP contribution in [0.15, 0.2) is 22.5 Å². The fourth-order valence-corrected chi connectivity index (χ4v) is 2.12. The van der Waals surface area contributed by atoms with E-state index in [9.17, 15) is 9.59 Å². The van der Waals surface area contributed by atoms with Crippen LogP contribution in [-0.4, -0.2) is 44.4 Å². The number of ether oxygens (including phenoxy) is 3. The van der Waals surface area contributed by atoms with Crippen molar-refractivity contribution in [3.63, 3.8) is 0 Å². The quantitative estimate of drug-likeness (QED) is 0.490. The van der Waals surface area contributed by atoms with Crippen LogP contribution >= 0.6 is 0 Å². The standard InChI is InChI=1S/C16H26N2O5/c1-5-22-15(19)13-8-12(16(20)23-10(2)3)11(4)18-14(13)9-21-7-6-17/h10,18H,5-9,17H2,1-4H3/p+1. The van der Waals surface area contributed by atoms with E-state index in [0.717, 1.165) is 0 Å². The second-order valence-corrected chi connectivity index (χ2v) is 5.44. The van der Waals surface area contributed by atoms with Gasteiger partial charge in [-0.15, -0.1) is 0 Å². The van der Waals surface area contributed by atoms with Crippen LogP contribution in [0.5, 0.6) is 0 Å². The monoisotopic (exact) mass is 327 g/mol. The molecule has 1 heterocycles. The Hall–Kier alpha value is -1.86. The maximum atomic E-state index is 12.2. The highest BCUT2D eigenvalue weighted by Gasteiger charge is 2.28. The summed E-state index contributed by atoms with van der Waals surface area (Å²) in [6, 6.07) is 0. The van der Waals surface area contributed by atoms with Gasteiger partial charge < -0.3 is 25.3 Å². The summed E-state index contributed by atoms with van der Waals surface area (Å²) >= 11 is 0. The minimum Gasteiger partial charge on any atom is -0.463 e. The molecule has 0 unspecified atom stereocenters. The van der Waals surface area contributed by atoms with E-state index in [1.807, 2.05) is 0 Å². The van der Waals surface area contributed by atoms with E-state index in [1.165, 1.54) is 0 Å². The van der Waals surface area contributed by atoms with E-state index in [1.54, 1.807) is 27.7 Å². The average Bonchev–Trinajstić information content (AvgIpc) is 2.47. The van der Waals surface area contributed by atoms with Crippen molar-refractivity contribution < 1.29 is 29.5 Å². The van der Waals surface area contributed by atoms with Crippen LogP contribution in [0.3, 0.4) is 0 Å². The summed E-state index contributed by atoms with van der Waals surface area (Å²) in [4.78, 5) is 24.4. The predicted octanol–water partition coefficient (Wildman–Crippen LogP) is 0.281. The highest BCUT2D eigenvalue weighted by atomic mass is 16.5. The van der Waals surface area contributed by atoms with Gasteiger partial charge in [0.1, 0.15) is 0 Å². The van der Waals surface area contributed by atoms with Gasteiger partial charge in [0.15, 0.2) is 0 Å². The molecule has 0 aromatic heterocycles. The maximum Gasteiger partial charge on any atom is 0.336 e. The third-order valence-corrected chi connectivity index (χ3v) is 3.15. The molecule has 0 aromatic rings. The summed E-state index contributed by atoms with van der Waals surface area (Å²) in [6.45, 7) is 8.73. The molecule has 0 atom stereocenters. The minimum absolute atomic E-state index is 0.173. The Bertz CT molecular complexity index is 509.